The van der Waals surface area contributed by atoms with Crippen LogP contribution in [0.25, 0.3) is 0 Å². The maximum atomic E-state index is 6.03. The maximum absolute atomic E-state index is 6.03. The van der Waals surface area contributed by atoms with Crippen LogP contribution in [0.2, 0.25) is 5.02 Å². The van der Waals surface area contributed by atoms with E-state index in [1.165, 1.54) is 0 Å². The molecule has 0 amide bonds. The second kappa shape index (κ2) is 7.88. The van der Waals surface area contributed by atoms with E-state index in [1.54, 1.807) is 6.20 Å². The van der Waals surface area contributed by atoms with E-state index in [4.69, 9.17) is 23.8 Å². The standard InChI is InChI=1S/C18H21ClN6S/c1-13-15(8-20-24(13)3)11-23(2)18(26)22-17-9-21-25(12-17)10-14-5-4-6-16(19)7-14/h4-9,12H,10-11H2,1-3H3,(H,22,26). The van der Waals surface area contributed by atoms with Crippen LogP contribution in [0.1, 0.15) is 16.8 Å². The summed E-state index contributed by atoms with van der Waals surface area (Å²) in [7, 11) is 3.89. The van der Waals surface area contributed by atoms with Gasteiger partial charge in [0.2, 0.25) is 0 Å². The molecule has 2 aromatic heterocycles. The Morgan fingerprint density at radius 1 is 1.31 bits per heavy atom. The Kier molecular flexibility index (Phi) is 5.58. The van der Waals surface area contributed by atoms with E-state index < -0.39 is 0 Å². The highest BCUT2D eigenvalue weighted by atomic mass is 35.5. The molecule has 0 radical (unpaired) electrons. The fourth-order valence-corrected chi connectivity index (χ4v) is 2.98. The lowest BCUT2D eigenvalue weighted by molar-refractivity contribution is 0.506. The number of aromatic nitrogens is 4. The molecule has 6 nitrogen and oxygen atoms in total. The smallest absolute Gasteiger partial charge is 0.173 e. The van der Waals surface area contributed by atoms with E-state index >= 15 is 0 Å². The third kappa shape index (κ3) is 4.42. The van der Waals surface area contributed by atoms with Gasteiger partial charge in [0.1, 0.15) is 0 Å². The zero-order valence-electron chi connectivity index (χ0n) is 15.0. The molecule has 2 heterocycles. The summed E-state index contributed by atoms with van der Waals surface area (Å²) in [6, 6.07) is 7.75. The minimum atomic E-state index is 0.635. The summed E-state index contributed by atoms with van der Waals surface area (Å²) < 4.78 is 3.71. The van der Waals surface area contributed by atoms with Gasteiger partial charge in [0.05, 0.1) is 24.6 Å². The first-order chi connectivity index (χ1) is 12.4. The second-order valence-electron chi connectivity index (χ2n) is 6.22. The van der Waals surface area contributed by atoms with Crippen molar-refractivity contribution >= 4 is 34.6 Å². The maximum Gasteiger partial charge on any atom is 0.173 e. The van der Waals surface area contributed by atoms with Gasteiger partial charge in [-0.05, 0) is 36.8 Å². The van der Waals surface area contributed by atoms with E-state index in [0.29, 0.717) is 18.2 Å². The van der Waals surface area contributed by atoms with Gasteiger partial charge in [-0.15, -0.1) is 0 Å². The lowest BCUT2D eigenvalue weighted by Crippen LogP contribution is -2.30. The van der Waals surface area contributed by atoms with Gasteiger partial charge < -0.3 is 10.2 Å². The van der Waals surface area contributed by atoms with Gasteiger partial charge in [-0.2, -0.15) is 10.2 Å². The Morgan fingerprint density at radius 2 is 2.12 bits per heavy atom. The fraction of sp³-hybridized carbons (Fsp3) is 0.278. The van der Waals surface area contributed by atoms with E-state index in [0.717, 1.165) is 27.5 Å². The Labute approximate surface area is 163 Å². The zero-order valence-corrected chi connectivity index (χ0v) is 16.6. The molecule has 0 fully saturated rings. The number of hydrogen-bond donors (Lipinski definition) is 1. The monoisotopic (exact) mass is 388 g/mol. The molecule has 0 aliphatic carbocycles. The highest BCUT2D eigenvalue weighted by molar-refractivity contribution is 7.80. The number of aryl methyl sites for hydroxylation is 1. The molecule has 3 aromatic rings. The molecule has 8 heteroatoms. The van der Waals surface area contributed by atoms with E-state index in [9.17, 15) is 0 Å². The molecule has 0 aliphatic heterocycles. The number of rotatable bonds is 5. The Balaban J connectivity index is 1.59. The van der Waals surface area contributed by atoms with Crippen LogP contribution in [0.15, 0.2) is 42.9 Å². The van der Waals surface area contributed by atoms with E-state index in [1.807, 2.05) is 71.9 Å². The van der Waals surface area contributed by atoms with Crippen LogP contribution in [-0.2, 0) is 20.1 Å². The average molecular weight is 389 g/mol. The van der Waals surface area contributed by atoms with Crippen molar-refractivity contribution in [2.75, 3.05) is 12.4 Å². The quantitative estimate of drug-likeness (QED) is 0.678. The summed E-state index contributed by atoms with van der Waals surface area (Å²) in [6.45, 7) is 3.40. The van der Waals surface area contributed by atoms with Gasteiger partial charge in [0.25, 0.3) is 0 Å². The average Bonchev–Trinajstić information content (AvgIpc) is 3.16. The third-order valence-electron chi connectivity index (χ3n) is 4.21. The molecule has 1 N–H and O–H groups in total. The molecular formula is C18H21ClN6S. The zero-order chi connectivity index (χ0) is 18.7. The lowest BCUT2D eigenvalue weighted by Gasteiger charge is -2.20. The first-order valence-corrected chi connectivity index (χ1v) is 8.97. The van der Waals surface area contributed by atoms with Gasteiger partial charge in [-0.1, -0.05) is 23.7 Å². The normalized spacial score (nSPS) is 10.8. The van der Waals surface area contributed by atoms with Crippen molar-refractivity contribution in [2.24, 2.45) is 7.05 Å². The van der Waals surface area contributed by atoms with Crippen molar-refractivity contribution in [3.05, 3.63) is 64.7 Å². The van der Waals surface area contributed by atoms with Gasteiger partial charge >= 0.3 is 0 Å². The number of hydrogen-bond acceptors (Lipinski definition) is 3. The van der Waals surface area contributed by atoms with Crippen LogP contribution in [0, 0.1) is 6.92 Å². The molecule has 0 atom stereocenters. The molecule has 3 rings (SSSR count). The number of nitrogens with zero attached hydrogens (tertiary/aromatic N) is 5. The van der Waals surface area contributed by atoms with Crippen LogP contribution in [0.4, 0.5) is 5.69 Å². The molecule has 0 bridgehead atoms. The summed E-state index contributed by atoms with van der Waals surface area (Å²) in [4.78, 5) is 1.98. The molecule has 26 heavy (non-hydrogen) atoms. The highest BCUT2D eigenvalue weighted by Gasteiger charge is 2.11. The molecule has 0 saturated heterocycles. The van der Waals surface area contributed by atoms with Crippen molar-refractivity contribution in [1.82, 2.24) is 24.5 Å². The topological polar surface area (TPSA) is 50.9 Å². The molecule has 0 spiro atoms. The minimum absolute atomic E-state index is 0.635. The van der Waals surface area contributed by atoms with E-state index in [2.05, 4.69) is 15.5 Å². The predicted octanol–water partition coefficient (Wildman–Crippen LogP) is 3.46. The highest BCUT2D eigenvalue weighted by Crippen LogP contribution is 2.14. The van der Waals surface area contributed by atoms with Crippen molar-refractivity contribution in [2.45, 2.75) is 20.0 Å². The van der Waals surface area contributed by atoms with Crippen molar-refractivity contribution in [3.8, 4) is 0 Å². The van der Waals surface area contributed by atoms with Crippen LogP contribution < -0.4 is 5.32 Å². The third-order valence-corrected chi connectivity index (χ3v) is 4.86. The molecule has 0 aliphatic rings. The van der Waals surface area contributed by atoms with E-state index in [-0.39, 0.29) is 0 Å². The largest absolute Gasteiger partial charge is 0.348 e. The Hall–Kier alpha value is -2.38. The first-order valence-electron chi connectivity index (χ1n) is 8.19. The first kappa shape index (κ1) is 18.4. The summed E-state index contributed by atoms with van der Waals surface area (Å²) >= 11 is 11.5. The van der Waals surface area contributed by atoms with Gasteiger partial charge in [0.15, 0.2) is 5.11 Å². The number of thiocarbonyl (C=S) groups is 1. The molecule has 0 saturated carbocycles. The SMILES string of the molecule is Cc1c(CN(C)C(=S)Nc2cnn(Cc3cccc(Cl)c3)c2)cnn1C. The summed E-state index contributed by atoms with van der Waals surface area (Å²) in [6.07, 6.45) is 5.56. The van der Waals surface area contributed by atoms with Crippen LogP contribution in [0.3, 0.4) is 0 Å². The summed E-state index contributed by atoms with van der Waals surface area (Å²) in [5, 5.41) is 13.2. The Morgan fingerprint density at radius 3 is 2.81 bits per heavy atom. The van der Waals surface area contributed by atoms with Gasteiger partial charge in [-0.25, -0.2) is 0 Å². The predicted molar refractivity (Wildman–Crippen MR) is 108 cm³/mol. The number of halogens is 1. The van der Waals surface area contributed by atoms with Crippen LogP contribution in [-0.4, -0.2) is 36.6 Å². The Bertz CT molecular complexity index is 916. The van der Waals surface area contributed by atoms with Crippen LogP contribution >= 0.6 is 23.8 Å². The number of benzene rings is 1. The molecular weight excluding hydrogens is 368 g/mol. The minimum Gasteiger partial charge on any atom is -0.348 e. The number of anilines is 1. The second-order valence-corrected chi connectivity index (χ2v) is 7.04. The summed E-state index contributed by atoms with van der Waals surface area (Å²) in [5.41, 5.74) is 4.23. The summed E-state index contributed by atoms with van der Waals surface area (Å²) in [5.74, 6) is 0. The number of nitrogens with one attached hydrogen (secondary N) is 1. The van der Waals surface area contributed by atoms with Crippen LogP contribution in [0.5, 0.6) is 0 Å². The molecule has 1 aromatic carbocycles. The van der Waals surface area contributed by atoms with Crippen molar-refractivity contribution in [3.63, 3.8) is 0 Å². The fourth-order valence-electron chi connectivity index (χ4n) is 2.58. The van der Waals surface area contributed by atoms with Gasteiger partial charge in [0, 0.05) is 43.1 Å². The molecule has 0 unspecified atom stereocenters. The van der Waals surface area contributed by atoms with Gasteiger partial charge in [-0.3, -0.25) is 9.36 Å². The van der Waals surface area contributed by atoms with Crippen molar-refractivity contribution in [1.29, 1.82) is 0 Å². The van der Waals surface area contributed by atoms with Crippen molar-refractivity contribution < 1.29 is 0 Å². The lowest BCUT2D eigenvalue weighted by atomic mass is 10.2. The molecule has 136 valence electrons.